The van der Waals surface area contributed by atoms with Crippen LogP contribution in [-0.2, 0) is 4.79 Å². The quantitative estimate of drug-likeness (QED) is 0.830. The lowest BCUT2D eigenvalue weighted by atomic mass is 9.93. The summed E-state index contributed by atoms with van der Waals surface area (Å²) in [7, 11) is 0. The van der Waals surface area contributed by atoms with Crippen LogP contribution in [0.1, 0.15) is 31.2 Å². The van der Waals surface area contributed by atoms with Crippen LogP contribution in [0.25, 0.3) is 0 Å². The molecule has 1 aromatic rings. The van der Waals surface area contributed by atoms with Crippen molar-refractivity contribution in [1.82, 2.24) is 0 Å². The first-order chi connectivity index (χ1) is 7.50. The fourth-order valence-corrected chi connectivity index (χ4v) is 1.78. The van der Waals surface area contributed by atoms with Crippen molar-refractivity contribution in [1.29, 1.82) is 0 Å². The number of hydrogen-bond donors (Lipinski definition) is 1. The van der Waals surface area contributed by atoms with E-state index in [9.17, 15) is 4.79 Å². The van der Waals surface area contributed by atoms with Gasteiger partial charge in [-0.3, -0.25) is 4.79 Å². The number of allylic oxidation sites excluding steroid dienone is 1. The Bertz CT molecular complexity index is 381. The highest BCUT2D eigenvalue weighted by Crippen LogP contribution is 2.24. The maximum absolute atomic E-state index is 11.2. The second kappa shape index (κ2) is 5.85. The summed E-state index contributed by atoms with van der Waals surface area (Å²) in [6, 6.07) is 7.43. The maximum Gasteiger partial charge on any atom is 0.310 e. The highest BCUT2D eigenvalue weighted by Gasteiger charge is 2.19. The van der Waals surface area contributed by atoms with Gasteiger partial charge in [0.05, 0.1) is 5.92 Å². The van der Waals surface area contributed by atoms with Crippen molar-refractivity contribution < 1.29 is 9.90 Å². The average molecular weight is 283 g/mol. The molecule has 1 atom stereocenters. The summed E-state index contributed by atoms with van der Waals surface area (Å²) in [6.45, 7) is 5.71. The van der Waals surface area contributed by atoms with E-state index in [0.717, 1.165) is 22.0 Å². The largest absolute Gasteiger partial charge is 0.481 e. The number of hydrogen-bond acceptors (Lipinski definition) is 1. The summed E-state index contributed by atoms with van der Waals surface area (Å²) in [4.78, 5) is 11.2. The lowest BCUT2D eigenvalue weighted by molar-refractivity contribution is -0.138. The van der Waals surface area contributed by atoms with Crippen LogP contribution in [0.15, 0.2) is 40.9 Å². The zero-order chi connectivity index (χ0) is 12.1. The molecule has 0 aliphatic carbocycles. The van der Waals surface area contributed by atoms with Crippen LogP contribution in [0.4, 0.5) is 0 Å². The predicted octanol–water partition coefficient (Wildman–Crippen LogP) is 3.97. The summed E-state index contributed by atoms with van der Waals surface area (Å²) >= 11 is 3.33. The number of benzene rings is 1. The molecule has 0 radical (unpaired) electrons. The van der Waals surface area contributed by atoms with Crippen molar-refractivity contribution in [2.45, 2.75) is 25.7 Å². The first kappa shape index (κ1) is 13.0. The van der Waals surface area contributed by atoms with Gasteiger partial charge in [-0.1, -0.05) is 33.6 Å². The fraction of sp³-hybridized carbons (Fsp3) is 0.308. The first-order valence-electron chi connectivity index (χ1n) is 5.13. The molecule has 1 N–H and O–H groups in total. The Morgan fingerprint density at radius 1 is 1.44 bits per heavy atom. The van der Waals surface area contributed by atoms with E-state index in [2.05, 4.69) is 22.5 Å². The molecule has 86 valence electrons. The third-order valence-electron chi connectivity index (χ3n) is 2.43. The molecule has 16 heavy (non-hydrogen) atoms. The number of aliphatic carboxylic acids is 1. The number of rotatable bonds is 5. The van der Waals surface area contributed by atoms with Gasteiger partial charge in [0.25, 0.3) is 0 Å². The van der Waals surface area contributed by atoms with E-state index in [-0.39, 0.29) is 0 Å². The molecule has 0 bridgehead atoms. The summed E-state index contributed by atoms with van der Waals surface area (Å²) in [5.41, 5.74) is 1.86. The smallest absolute Gasteiger partial charge is 0.310 e. The Kier molecular flexibility index (Phi) is 4.74. The summed E-state index contributed by atoms with van der Waals surface area (Å²) in [5, 5.41) is 9.17. The van der Waals surface area contributed by atoms with Gasteiger partial charge in [0, 0.05) is 4.47 Å². The van der Waals surface area contributed by atoms with Crippen molar-refractivity contribution in [2.24, 2.45) is 0 Å². The Labute approximate surface area is 104 Å². The van der Waals surface area contributed by atoms with Crippen LogP contribution in [0.3, 0.4) is 0 Å². The summed E-state index contributed by atoms with van der Waals surface area (Å²) < 4.78 is 0.959. The molecule has 1 aromatic carbocycles. The van der Waals surface area contributed by atoms with E-state index >= 15 is 0 Å². The van der Waals surface area contributed by atoms with Crippen LogP contribution < -0.4 is 0 Å². The van der Waals surface area contributed by atoms with Crippen LogP contribution >= 0.6 is 15.9 Å². The number of carbonyl (C=O) groups is 1. The molecule has 0 saturated carbocycles. The van der Waals surface area contributed by atoms with E-state index in [1.54, 1.807) is 0 Å². The summed E-state index contributed by atoms with van der Waals surface area (Å²) in [5.74, 6) is -1.21. The van der Waals surface area contributed by atoms with E-state index in [4.69, 9.17) is 5.11 Å². The van der Waals surface area contributed by atoms with Crippen molar-refractivity contribution in [3.05, 3.63) is 46.5 Å². The zero-order valence-corrected chi connectivity index (χ0v) is 10.8. The van der Waals surface area contributed by atoms with Crippen molar-refractivity contribution in [2.75, 3.05) is 0 Å². The molecule has 0 heterocycles. The average Bonchev–Trinajstić information content (AvgIpc) is 2.20. The maximum atomic E-state index is 11.2. The zero-order valence-electron chi connectivity index (χ0n) is 9.24. The molecule has 0 amide bonds. The Morgan fingerprint density at radius 3 is 2.44 bits per heavy atom. The molecular formula is C13H15BrO2. The lowest BCUT2D eigenvalue weighted by Crippen LogP contribution is -2.11. The number of carboxylic acid groups (broad SMARTS) is 1. The van der Waals surface area contributed by atoms with Gasteiger partial charge >= 0.3 is 5.97 Å². The molecule has 0 saturated heterocycles. The predicted molar refractivity (Wildman–Crippen MR) is 68.6 cm³/mol. The minimum atomic E-state index is -0.774. The van der Waals surface area contributed by atoms with Gasteiger partial charge in [0.2, 0.25) is 0 Å². The molecule has 0 fully saturated rings. The molecule has 3 heteroatoms. The van der Waals surface area contributed by atoms with Gasteiger partial charge < -0.3 is 5.11 Å². The van der Waals surface area contributed by atoms with Crippen LogP contribution in [0.5, 0.6) is 0 Å². The lowest BCUT2D eigenvalue weighted by Gasteiger charge is -2.12. The minimum absolute atomic E-state index is 0.440. The van der Waals surface area contributed by atoms with Crippen LogP contribution in [-0.4, -0.2) is 11.1 Å². The number of carboxylic acids is 1. The third kappa shape index (κ3) is 3.81. The Morgan fingerprint density at radius 2 is 2.00 bits per heavy atom. The van der Waals surface area contributed by atoms with Gasteiger partial charge in [-0.05, 0) is 37.5 Å². The van der Waals surface area contributed by atoms with Gasteiger partial charge in [0.15, 0.2) is 0 Å². The van der Waals surface area contributed by atoms with Gasteiger partial charge in [-0.25, -0.2) is 0 Å². The molecule has 0 aromatic heterocycles. The van der Waals surface area contributed by atoms with Crippen molar-refractivity contribution in [3.63, 3.8) is 0 Å². The fourth-order valence-electron chi connectivity index (χ4n) is 1.52. The monoisotopic (exact) mass is 282 g/mol. The molecule has 1 unspecified atom stereocenters. The number of halogens is 1. The topological polar surface area (TPSA) is 37.3 Å². The molecular weight excluding hydrogens is 268 g/mol. The van der Waals surface area contributed by atoms with Gasteiger partial charge in [0.1, 0.15) is 0 Å². The van der Waals surface area contributed by atoms with Crippen LogP contribution in [0, 0.1) is 0 Å². The van der Waals surface area contributed by atoms with Crippen LogP contribution in [0.2, 0.25) is 0 Å². The molecule has 1 rings (SSSR count). The van der Waals surface area contributed by atoms with E-state index in [0.29, 0.717) is 6.42 Å². The first-order valence-corrected chi connectivity index (χ1v) is 5.92. The second-order valence-electron chi connectivity index (χ2n) is 3.94. The summed E-state index contributed by atoms with van der Waals surface area (Å²) in [6.07, 6.45) is 1.35. The molecule has 0 aliphatic heterocycles. The Hall–Kier alpha value is -1.09. The minimum Gasteiger partial charge on any atom is -0.481 e. The standard InChI is InChI=1S/C13H15BrO2/c1-9(2)3-8-12(13(15)16)10-4-6-11(14)7-5-10/h4-7,12H,1,3,8H2,2H3,(H,15,16). The van der Waals surface area contributed by atoms with E-state index in [1.165, 1.54) is 0 Å². The third-order valence-corrected chi connectivity index (χ3v) is 2.96. The van der Waals surface area contributed by atoms with Gasteiger partial charge in [-0.2, -0.15) is 0 Å². The van der Waals surface area contributed by atoms with Gasteiger partial charge in [-0.15, -0.1) is 6.58 Å². The normalized spacial score (nSPS) is 12.1. The molecule has 0 spiro atoms. The SMILES string of the molecule is C=C(C)CCC(C(=O)O)c1ccc(Br)cc1. The van der Waals surface area contributed by atoms with E-state index in [1.807, 2.05) is 31.2 Å². The Balaban J connectivity index is 2.81. The molecule has 2 nitrogen and oxygen atoms in total. The highest BCUT2D eigenvalue weighted by molar-refractivity contribution is 9.10. The van der Waals surface area contributed by atoms with E-state index < -0.39 is 11.9 Å². The van der Waals surface area contributed by atoms with Crippen molar-refractivity contribution in [3.8, 4) is 0 Å². The van der Waals surface area contributed by atoms with Crippen molar-refractivity contribution >= 4 is 21.9 Å². The highest BCUT2D eigenvalue weighted by atomic mass is 79.9. The molecule has 0 aliphatic rings. The second-order valence-corrected chi connectivity index (χ2v) is 4.85.